The second-order valence-corrected chi connectivity index (χ2v) is 4.97. The van der Waals surface area contributed by atoms with Gasteiger partial charge in [-0.05, 0) is 20.8 Å². The number of carbonyl (C=O) groups is 2. The van der Waals surface area contributed by atoms with Crippen molar-refractivity contribution in [2.24, 2.45) is 0 Å². The Bertz CT molecular complexity index is 424. The van der Waals surface area contributed by atoms with Crippen molar-refractivity contribution in [2.45, 2.75) is 32.8 Å². The molecule has 0 saturated heterocycles. The first-order chi connectivity index (χ1) is 7.76. The molecule has 0 radical (unpaired) electrons. The van der Waals surface area contributed by atoms with E-state index in [1.54, 1.807) is 20.8 Å². The van der Waals surface area contributed by atoms with Gasteiger partial charge in [0.15, 0.2) is 5.82 Å². The van der Waals surface area contributed by atoms with E-state index < -0.39 is 17.7 Å². The summed E-state index contributed by atoms with van der Waals surface area (Å²) in [6.07, 6.45) is -0.914. The lowest BCUT2D eigenvalue weighted by molar-refractivity contribution is -0.136. The van der Waals surface area contributed by atoms with Gasteiger partial charge in [-0.15, -0.1) is 0 Å². The molecule has 1 aromatic heterocycles. The zero-order chi connectivity index (χ0) is 13.1. The first-order valence-corrected chi connectivity index (χ1v) is 5.58. The number of ether oxygens (including phenoxy) is 1. The van der Waals surface area contributed by atoms with Crippen LogP contribution in [0.25, 0.3) is 0 Å². The highest BCUT2D eigenvalue weighted by Gasteiger charge is 2.17. The standard InChI is InChI=1S/C9H13N3O4S/c1-9(2,3)16-8(15)11-7-10-5(12-17-7)4-6(13)14/h4H2,1-3H3,(H,13,14)(H,10,11,12,15). The van der Waals surface area contributed by atoms with Crippen molar-refractivity contribution in [1.82, 2.24) is 9.36 Å². The average molecular weight is 259 g/mol. The topological polar surface area (TPSA) is 101 Å². The van der Waals surface area contributed by atoms with Gasteiger partial charge < -0.3 is 9.84 Å². The fraction of sp³-hybridized carbons (Fsp3) is 0.556. The van der Waals surface area contributed by atoms with E-state index in [2.05, 4.69) is 14.7 Å². The van der Waals surface area contributed by atoms with Crippen molar-refractivity contribution in [3.8, 4) is 0 Å². The number of carbonyl (C=O) groups excluding carboxylic acids is 1. The summed E-state index contributed by atoms with van der Waals surface area (Å²) in [5.41, 5.74) is -0.599. The van der Waals surface area contributed by atoms with Gasteiger partial charge in [-0.25, -0.2) is 9.78 Å². The highest BCUT2D eigenvalue weighted by molar-refractivity contribution is 7.09. The Hall–Kier alpha value is -1.70. The molecule has 0 aromatic carbocycles. The van der Waals surface area contributed by atoms with Crippen LogP contribution in [0.1, 0.15) is 26.6 Å². The first-order valence-electron chi connectivity index (χ1n) is 4.80. The number of nitrogens with one attached hydrogen (secondary N) is 1. The van der Waals surface area contributed by atoms with E-state index in [-0.39, 0.29) is 17.4 Å². The Kier molecular flexibility index (Phi) is 4.00. The summed E-state index contributed by atoms with van der Waals surface area (Å²) >= 11 is 0.909. The number of amides is 1. The number of carboxylic acid groups (broad SMARTS) is 1. The minimum atomic E-state index is -1.02. The molecule has 1 heterocycles. The van der Waals surface area contributed by atoms with Crippen LogP contribution in [0.4, 0.5) is 9.93 Å². The fourth-order valence-electron chi connectivity index (χ4n) is 0.903. The molecule has 0 fully saturated rings. The largest absolute Gasteiger partial charge is 0.481 e. The van der Waals surface area contributed by atoms with E-state index in [1.165, 1.54) is 0 Å². The van der Waals surface area contributed by atoms with Gasteiger partial charge in [-0.2, -0.15) is 4.37 Å². The van der Waals surface area contributed by atoms with E-state index in [0.717, 1.165) is 11.5 Å². The van der Waals surface area contributed by atoms with Crippen LogP contribution in [0.3, 0.4) is 0 Å². The quantitative estimate of drug-likeness (QED) is 0.853. The number of nitrogens with zero attached hydrogens (tertiary/aromatic N) is 2. The predicted molar refractivity (Wildman–Crippen MR) is 61.1 cm³/mol. The number of aromatic nitrogens is 2. The van der Waals surface area contributed by atoms with Crippen molar-refractivity contribution < 1.29 is 19.4 Å². The number of anilines is 1. The van der Waals surface area contributed by atoms with E-state index in [9.17, 15) is 9.59 Å². The maximum absolute atomic E-state index is 11.3. The fourth-order valence-corrected chi connectivity index (χ4v) is 1.48. The Morgan fingerprint density at radius 1 is 1.47 bits per heavy atom. The Morgan fingerprint density at radius 2 is 2.12 bits per heavy atom. The maximum atomic E-state index is 11.3. The lowest BCUT2D eigenvalue weighted by Gasteiger charge is -2.18. The van der Waals surface area contributed by atoms with Gasteiger partial charge in [-0.1, -0.05) is 0 Å². The molecule has 0 atom stereocenters. The van der Waals surface area contributed by atoms with E-state index in [0.29, 0.717) is 0 Å². The molecule has 0 aliphatic carbocycles. The molecular weight excluding hydrogens is 246 g/mol. The lowest BCUT2D eigenvalue weighted by Crippen LogP contribution is -2.27. The molecule has 2 N–H and O–H groups in total. The number of hydrogen-bond donors (Lipinski definition) is 2. The van der Waals surface area contributed by atoms with Crippen molar-refractivity contribution in [3.63, 3.8) is 0 Å². The zero-order valence-corrected chi connectivity index (χ0v) is 10.5. The van der Waals surface area contributed by atoms with Crippen LogP contribution in [0, 0.1) is 0 Å². The van der Waals surface area contributed by atoms with Crippen LogP contribution in [0.2, 0.25) is 0 Å². The van der Waals surface area contributed by atoms with Gasteiger partial charge in [0.25, 0.3) is 0 Å². The van der Waals surface area contributed by atoms with E-state index in [1.807, 2.05) is 0 Å². The predicted octanol–water partition coefficient (Wildman–Crippen LogP) is 1.51. The first kappa shape index (κ1) is 13.4. The number of hydrogen-bond acceptors (Lipinski definition) is 6. The Balaban J connectivity index is 2.55. The molecular formula is C9H13N3O4S. The minimum absolute atomic E-state index is 0.161. The summed E-state index contributed by atoms with van der Waals surface area (Å²) in [6, 6.07) is 0. The molecule has 0 aliphatic rings. The molecule has 8 heteroatoms. The molecule has 1 amide bonds. The van der Waals surface area contributed by atoms with Crippen molar-refractivity contribution in [3.05, 3.63) is 5.82 Å². The van der Waals surface area contributed by atoms with Crippen molar-refractivity contribution in [2.75, 3.05) is 5.32 Å². The van der Waals surface area contributed by atoms with Gasteiger partial charge in [0.2, 0.25) is 5.13 Å². The monoisotopic (exact) mass is 259 g/mol. The smallest absolute Gasteiger partial charge is 0.414 e. The Morgan fingerprint density at radius 3 is 2.65 bits per heavy atom. The van der Waals surface area contributed by atoms with E-state index >= 15 is 0 Å². The lowest BCUT2D eigenvalue weighted by atomic mass is 10.2. The van der Waals surface area contributed by atoms with E-state index in [4.69, 9.17) is 9.84 Å². The third-order valence-corrected chi connectivity index (χ3v) is 2.05. The molecule has 0 saturated carbocycles. The molecule has 17 heavy (non-hydrogen) atoms. The van der Waals surface area contributed by atoms with Crippen LogP contribution in [0.15, 0.2) is 0 Å². The number of aliphatic carboxylic acids is 1. The van der Waals surface area contributed by atoms with Crippen LogP contribution >= 0.6 is 11.5 Å². The average Bonchev–Trinajstić information content (AvgIpc) is 2.46. The number of rotatable bonds is 3. The normalized spacial score (nSPS) is 11.0. The summed E-state index contributed by atoms with van der Waals surface area (Å²) in [4.78, 5) is 25.6. The molecule has 0 bridgehead atoms. The Labute approximate surface area is 102 Å². The van der Waals surface area contributed by atoms with Gasteiger partial charge in [-0.3, -0.25) is 10.1 Å². The molecule has 0 aliphatic heterocycles. The van der Waals surface area contributed by atoms with Gasteiger partial charge >= 0.3 is 12.1 Å². The molecule has 94 valence electrons. The van der Waals surface area contributed by atoms with Gasteiger partial charge in [0.05, 0.1) is 0 Å². The van der Waals surface area contributed by atoms with Crippen LogP contribution < -0.4 is 5.32 Å². The summed E-state index contributed by atoms with van der Waals surface area (Å²) in [6.45, 7) is 5.22. The summed E-state index contributed by atoms with van der Waals surface area (Å²) < 4.78 is 8.79. The van der Waals surface area contributed by atoms with Crippen molar-refractivity contribution >= 4 is 28.7 Å². The van der Waals surface area contributed by atoms with Crippen molar-refractivity contribution in [1.29, 1.82) is 0 Å². The zero-order valence-electron chi connectivity index (χ0n) is 9.68. The van der Waals surface area contributed by atoms with Crippen LogP contribution in [0.5, 0.6) is 0 Å². The highest BCUT2D eigenvalue weighted by Crippen LogP contribution is 2.14. The third kappa shape index (κ3) is 5.25. The van der Waals surface area contributed by atoms with Gasteiger partial charge in [0.1, 0.15) is 12.0 Å². The maximum Gasteiger partial charge on any atom is 0.414 e. The SMILES string of the molecule is CC(C)(C)OC(=O)Nc1nc(CC(=O)O)ns1. The minimum Gasteiger partial charge on any atom is -0.481 e. The highest BCUT2D eigenvalue weighted by atomic mass is 32.1. The molecule has 0 spiro atoms. The van der Waals surface area contributed by atoms with Crippen LogP contribution in [-0.4, -0.2) is 32.1 Å². The molecule has 0 unspecified atom stereocenters. The molecule has 7 nitrogen and oxygen atoms in total. The summed E-state index contributed by atoms with van der Waals surface area (Å²) in [7, 11) is 0. The second kappa shape index (κ2) is 5.09. The van der Waals surface area contributed by atoms with Crippen LogP contribution in [-0.2, 0) is 16.0 Å². The second-order valence-electron chi connectivity index (χ2n) is 4.21. The number of carboxylic acids is 1. The van der Waals surface area contributed by atoms with Gasteiger partial charge in [0, 0.05) is 11.5 Å². The summed E-state index contributed by atoms with van der Waals surface area (Å²) in [5, 5.41) is 11.1. The molecule has 1 rings (SSSR count). The summed E-state index contributed by atoms with van der Waals surface area (Å²) in [5.74, 6) is -0.861. The molecule has 1 aromatic rings. The third-order valence-electron chi connectivity index (χ3n) is 1.39.